The maximum absolute atomic E-state index is 15.5. The Bertz CT molecular complexity index is 1250. The summed E-state index contributed by atoms with van der Waals surface area (Å²) in [6, 6.07) is 13.0. The molecule has 7 nitrogen and oxygen atoms in total. The summed E-state index contributed by atoms with van der Waals surface area (Å²) < 4.78 is 21.3. The minimum atomic E-state index is -0.997. The number of pyridine rings is 1. The number of hydrogen-bond donors (Lipinski definition) is 3. The van der Waals surface area contributed by atoms with Crippen LogP contribution in [0.3, 0.4) is 0 Å². The molecule has 190 valence electrons. The van der Waals surface area contributed by atoms with Gasteiger partial charge >= 0.3 is 5.97 Å². The van der Waals surface area contributed by atoms with Crippen molar-refractivity contribution < 1.29 is 19.0 Å². The molecule has 2 heterocycles. The van der Waals surface area contributed by atoms with Crippen molar-refractivity contribution in [3.8, 4) is 5.75 Å². The number of aromatic nitrogens is 1. The van der Waals surface area contributed by atoms with Gasteiger partial charge in [-0.25, -0.2) is 4.39 Å². The van der Waals surface area contributed by atoms with Crippen molar-refractivity contribution >= 4 is 17.3 Å². The summed E-state index contributed by atoms with van der Waals surface area (Å²) >= 11 is 0. The lowest BCUT2D eigenvalue weighted by atomic mass is 9.80. The van der Waals surface area contributed by atoms with Crippen LogP contribution in [0.4, 0.5) is 15.8 Å². The number of aliphatic carboxylic acids is 1. The maximum atomic E-state index is 15.5. The van der Waals surface area contributed by atoms with Gasteiger partial charge in [0.05, 0.1) is 23.0 Å². The lowest BCUT2D eigenvalue weighted by Gasteiger charge is -2.26. The van der Waals surface area contributed by atoms with E-state index in [0.717, 1.165) is 34.7 Å². The second-order valence-electron chi connectivity index (χ2n) is 9.26. The Labute approximate surface area is 211 Å². The number of benzene rings is 2. The van der Waals surface area contributed by atoms with E-state index < -0.39 is 23.6 Å². The number of carboxylic acid groups (broad SMARTS) is 1. The Morgan fingerprint density at radius 2 is 2.11 bits per heavy atom. The SMILES string of the molecule is CCNc1ccc([C@H](c2ccc(C)c(CN3CCOc4cccnc4C3)c2)C(C)C(=O)O)c(F)c1N. The molecule has 0 radical (unpaired) electrons. The largest absolute Gasteiger partial charge is 0.490 e. The highest BCUT2D eigenvalue weighted by Crippen LogP contribution is 2.38. The number of nitrogens with two attached hydrogens (primary N) is 1. The Morgan fingerprint density at radius 3 is 2.86 bits per heavy atom. The van der Waals surface area contributed by atoms with Gasteiger partial charge in [0.15, 0.2) is 5.82 Å². The molecule has 2 aromatic carbocycles. The highest BCUT2D eigenvalue weighted by molar-refractivity contribution is 5.74. The molecule has 36 heavy (non-hydrogen) atoms. The number of halogens is 1. The molecule has 0 amide bonds. The number of nitrogen functional groups attached to an aromatic ring is 1. The minimum absolute atomic E-state index is 0.00000552. The molecular weight excluding hydrogens is 459 g/mol. The number of anilines is 2. The smallest absolute Gasteiger partial charge is 0.307 e. The Morgan fingerprint density at radius 1 is 1.31 bits per heavy atom. The number of nitrogens with one attached hydrogen (secondary N) is 1. The van der Waals surface area contributed by atoms with Gasteiger partial charge in [0.25, 0.3) is 0 Å². The van der Waals surface area contributed by atoms with Crippen LogP contribution in [0.2, 0.25) is 0 Å². The van der Waals surface area contributed by atoms with E-state index in [-0.39, 0.29) is 11.3 Å². The summed E-state index contributed by atoms with van der Waals surface area (Å²) in [6.45, 7) is 8.70. The van der Waals surface area contributed by atoms with Crippen LogP contribution in [-0.2, 0) is 17.9 Å². The molecule has 0 fully saturated rings. The van der Waals surface area contributed by atoms with Crippen molar-refractivity contribution in [1.82, 2.24) is 9.88 Å². The van der Waals surface area contributed by atoms with Gasteiger partial charge in [0.1, 0.15) is 12.4 Å². The van der Waals surface area contributed by atoms with Gasteiger partial charge in [0, 0.05) is 38.3 Å². The summed E-state index contributed by atoms with van der Waals surface area (Å²) in [5, 5.41) is 12.9. The third-order valence-electron chi connectivity index (χ3n) is 6.81. The zero-order chi connectivity index (χ0) is 25.8. The van der Waals surface area contributed by atoms with Crippen LogP contribution in [0.15, 0.2) is 48.7 Å². The summed E-state index contributed by atoms with van der Waals surface area (Å²) in [5.74, 6) is -2.34. The second kappa shape index (κ2) is 11.0. The van der Waals surface area contributed by atoms with Gasteiger partial charge in [-0.1, -0.05) is 31.2 Å². The van der Waals surface area contributed by atoms with E-state index in [1.54, 1.807) is 25.3 Å². The average Bonchev–Trinajstić information content (AvgIpc) is 3.07. The van der Waals surface area contributed by atoms with E-state index >= 15 is 4.39 Å². The first-order chi connectivity index (χ1) is 17.3. The van der Waals surface area contributed by atoms with E-state index in [2.05, 4.69) is 15.2 Å². The van der Waals surface area contributed by atoms with Crippen LogP contribution < -0.4 is 15.8 Å². The van der Waals surface area contributed by atoms with E-state index in [0.29, 0.717) is 31.9 Å². The molecule has 4 N–H and O–H groups in total. The van der Waals surface area contributed by atoms with Crippen LogP contribution in [0.5, 0.6) is 5.75 Å². The van der Waals surface area contributed by atoms with Crippen molar-refractivity contribution in [1.29, 1.82) is 0 Å². The van der Waals surface area contributed by atoms with Crippen molar-refractivity contribution in [3.63, 3.8) is 0 Å². The quantitative estimate of drug-likeness (QED) is 0.389. The first-order valence-corrected chi connectivity index (χ1v) is 12.2. The molecule has 1 unspecified atom stereocenters. The first-order valence-electron chi connectivity index (χ1n) is 12.2. The third-order valence-corrected chi connectivity index (χ3v) is 6.81. The molecule has 0 saturated carbocycles. The van der Waals surface area contributed by atoms with Crippen molar-refractivity contribution in [2.45, 2.75) is 39.8 Å². The number of carboxylic acids is 1. The highest BCUT2D eigenvalue weighted by atomic mass is 19.1. The Hall–Kier alpha value is -3.65. The van der Waals surface area contributed by atoms with E-state index in [1.165, 1.54) is 0 Å². The second-order valence-corrected chi connectivity index (χ2v) is 9.26. The van der Waals surface area contributed by atoms with Gasteiger partial charge in [-0.3, -0.25) is 14.7 Å². The molecule has 4 rings (SSSR count). The predicted molar refractivity (Wildman–Crippen MR) is 139 cm³/mol. The van der Waals surface area contributed by atoms with Gasteiger partial charge in [-0.2, -0.15) is 0 Å². The molecule has 0 bridgehead atoms. The molecule has 0 aliphatic carbocycles. The highest BCUT2D eigenvalue weighted by Gasteiger charge is 2.31. The average molecular weight is 493 g/mol. The van der Waals surface area contributed by atoms with Crippen LogP contribution in [-0.4, -0.2) is 40.7 Å². The standard InChI is InChI=1S/C28H33FN4O3/c1-4-31-22-10-9-21(26(29)27(22)30)25(18(3)28(34)35)19-8-7-17(2)20(14-19)15-33-12-13-36-24-6-5-11-32-23(24)16-33/h5-11,14,18,25,31H,4,12-13,15-16,30H2,1-3H3,(H,34,35)/t18?,25-/m0/s1. The third kappa shape index (κ3) is 5.28. The minimum Gasteiger partial charge on any atom is -0.490 e. The van der Waals surface area contributed by atoms with Gasteiger partial charge in [0.2, 0.25) is 0 Å². The van der Waals surface area contributed by atoms with E-state index in [9.17, 15) is 9.90 Å². The number of nitrogens with zero attached hydrogens (tertiary/aromatic N) is 2. The molecule has 3 aromatic rings. The fourth-order valence-electron chi connectivity index (χ4n) is 4.75. The lowest BCUT2D eigenvalue weighted by molar-refractivity contribution is -0.141. The summed E-state index contributed by atoms with van der Waals surface area (Å²) in [7, 11) is 0. The number of ether oxygens (including phenoxy) is 1. The van der Waals surface area contributed by atoms with Crippen molar-refractivity contribution in [3.05, 3.63) is 82.4 Å². The summed E-state index contributed by atoms with van der Waals surface area (Å²) in [4.78, 5) is 18.8. The maximum Gasteiger partial charge on any atom is 0.307 e. The van der Waals surface area contributed by atoms with E-state index in [1.807, 2.05) is 44.2 Å². The number of carbonyl (C=O) groups is 1. The van der Waals surface area contributed by atoms with Crippen molar-refractivity contribution in [2.24, 2.45) is 5.92 Å². The zero-order valence-corrected chi connectivity index (χ0v) is 20.9. The summed E-state index contributed by atoms with van der Waals surface area (Å²) in [6.07, 6.45) is 1.76. The number of hydrogen-bond acceptors (Lipinski definition) is 6. The molecule has 8 heteroatoms. The molecule has 0 saturated heterocycles. The fourth-order valence-corrected chi connectivity index (χ4v) is 4.75. The van der Waals surface area contributed by atoms with Gasteiger partial charge in [-0.15, -0.1) is 0 Å². The van der Waals surface area contributed by atoms with Crippen LogP contribution >= 0.6 is 0 Å². The van der Waals surface area contributed by atoms with E-state index in [4.69, 9.17) is 10.5 Å². The molecular formula is C28H33FN4O3. The van der Waals surface area contributed by atoms with Gasteiger partial charge in [-0.05, 0) is 54.3 Å². The van der Waals surface area contributed by atoms with Crippen molar-refractivity contribution in [2.75, 3.05) is 30.7 Å². The zero-order valence-electron chi connectivity index (χ0n) is 20.9. The Kier molecular flexibility index (Phi) is 7.74. The number of fused-ring (bicyclic) bond motifs is 1. The number of rotatable bonds is 8. The molecule has 1 aliphatic heterocycles. The molecule has 0 spiro atoms. The molecule has 1 aliphatic rings. The summed E-state index contributed by atoms with van der Waals surface area (Å²) in [5.41, 5.74) is 10.6. The van der Waals surface area contributed by atoms with Crippen LogP contribution in [0, 0.1) is 18.7 Å². The topological polar surface area (TPSA) is 101 Å². The molecule has 1 aromatic heterocycles. The first kappa shape index (κ1) is 25.4. The van der Waals surface area contributed by atoms with Gasteiger partial charge < -0.3 is 20.9 Å². The predicted octanol–water partition coefficient (Wildman–Crippen LogP) is 4.79. The Balaban J connectivity index is 1.69. The van der Waals surface area contributed by atoms with Crippen LogP contribution in [0.25, 0.3) is 0 Å². The van der Waals surface area contributed by atoms with Crippen LogP contribution in [0.1, 0.15) is 47.7 Å². The number of aryl methyl sites for hydroxylation is 1. The normalized spacial score (nSPS) is 15.3. The lowest BCUT2D eigenvalue weighted by Crippen LogP contribution is -2.26. The molecule has 2 atom stereocenters. The fraction of sp³-hybridized carbons (Fsp3) is 0.357. The monoisotopic (exact) mass is 492 g/mol.